The average Bonchev–Trinajstić information content (AvgIpc) is 3.10. The standard InChI is InChI=1S/C20H14N4O/c1-3-4-7-14-12(2)18(24-19(14)13(10-21)11-22)17-15-8-5-6-9-16(15)23-20(17)25/h3-9,24H,1H2,2H3,(H,23,25)/p+1. The predicted octanol–water partition coefficient (Wildman–Crippen LogP) is 2.29. The highest BCUT2D eigenvalue weighted by atomic mass is 16.2. The quantitative estimate of drug-likeness (QED) is 0.496. The largest absolute Gasteiger partial charge is 0.321 e. The van der Waals surface area contributed by atoms with Crippen LogP contribution in [0.15, 0.2) is 77.2 Å². The monoisotopic (exact) mass is 327 g/mol. The van der Waals surface area contributed by atoms with Gasteiger partial charge in [0, 0.05) is 22.4 Å². The fourth-order valence-electron chi connectivity index (χ4n) is 3.05. The Morgan fingerprint density at radius 1 is 1.28 bits per heavy atom. The van der Waals surface area contributed by atoms with Crippen LogP contribution in [-0.2, 0) is 4.79 Å². The van der Waals surface area contributed by atoms with E-state index in [1.807, 2.05) is 43.3 Å². The van der Waals surface area contributed by atoms with Gasteiger partial charge in [-0.3, -0.25) is 10.1 Å². The lowest BCUT2D eigenvalue weighted by atomic mass is 10.00. The van der Waals surface area contributed by atoms with Crippen molar-refractivity contribution in [3.8, 4) is 12.1 Å². The van der Waals surface area contributed by atoms with Crippen LogP contribution >= 0.6 is 0 Å². The van der Waals surface area contributed by atoms with Crippen LogP contribution in [0.25, 0.3) is 5.57 Å². The number of amides is 1. The van der Waals surface area contributed by atoms with Gasteiger partial charge in [-0.05, 0) is 19.1 Å². The van der Waals surface area contributed by atoms with E-state index in [1.54, 1.807) is 23.5 Å². The molecule has 2 aliphatic rings. The van der Waals surface area contributed by atoms with Crippen LogP contribution < -0.4 is 10.6 Å². The molecule has 120 valence electrons. The fourth-order valence-corrected chi connectivity index (χ4v) is 3.05. The van der Waals surface area contributed by atoms with Crippen molar-refractivity contribution in [2.45, 2.75) is 6.92 Å². The Hall–Kier alpha value is -3.67. The van der Waals surface area contributed by atoms with Crippen LogP contribution in [0, 0.1) is 22.7 Å². The van der Waals surface area contributed by atoms with Crippen molar-refractivity contribution in [2.75, 3.05) is 5.32 Å². The first-order valence-corrected chi connectivity index (χ1v) is 7.67. The van der Waals surface area contributed by atoms with E-state index in [0.717, 1.165) is 28.1 Å². The maximum absolute atomic E-state index is 12.5. The van der Waals surface area contributed by atoms with Gasteiger partial charge in [-0.25, -0.2) is 0 Å². The molecule has 1 aromatic rings. The molecule has 0 fully saturated rings. The number of nitrogens with zero attached hydrogens (tertiary/aromatic N) is 2. The van der Waals surface area contributed by atoms with Gasteiger partial charge in [-0.2, -0.15) is 10.5 Å². The first kappa shape index (κ1) is 16.2. The Bertz CT molecular complexity index is 991. The van der Waals surface area contributed by atoms with E-state index in [-0.39, 0.29) is 11.5 Å². The molecular weight excluding hydrogens is 312 g/mol. The van der Waals surface area contributed by atoms with Gasteiger partial charge >= 0.3 is 0 Å². The summed E-state index contributed by atoms with van der Waals surface area (Å²) >= 11 is 0. The molecule has 0 unspecified atom stereocenters. The van der Waals surface area contributed by atoms with E-state index in [0.29, 0.717) is 11.3 Å². The molecule has 5 heteroatoms. The van der Waals surface area contributed by atoms with E-state index in [2.05, 4.69) is 11.9 Å². The van der Waals surface area contributed by atoms with Crippen LogP contribution in [0.5, 0.6) is 0 Å². The Morgan fingerprint density at radius 3 is 2.68 bits per heavy atom. The number of rotatable bonds is 2. The lowest BCUT2D eigenvalue weighted by molar-refractivity contribution is -0.540. The Kier molecular flexibility index (Phi) is 4.18. The number of benzene rings is 1. The van der Waals surface area contributed by atoms with Crippen LogP contribution in [0.4, 0.5) is 5.69 Å². The number of nitrogens with one attached hydrogen (secondary N) is 1. The number of hydrogen-bond acceptors (Lipinski definition) is 3. The zero-order chi connectivity index (χ0) is 18.0. The normalized spacial score (nSPS) is 18.8. The van der Waals surface area contributed by atoms with Crippen LogP contribution in [0.1, 0.15) is 12.5 Å². The summed E-state index contributed by atoms with van der Waals surface area (Å²) < 4.78 is 0. The van der Waals surface area contributed by atoms with Crippen molar-refractivity contribution in [1.82, 2.24) is 0 Å². The second-order valence-electron chi connectivity index (χ2n) is 5.58. The summed E-state index contributed by atoms with van der Waals surface area (Å²) in [7, 11) is 0. The number of nitriles is 2. The van der Waals surface area contributed by atoms with Crippen molar-refractivity contribution in [1.29, 1.82) is 10.5 Å². The molecule has 2 heterocycles. The van der Waals surface area contributed by atoms with Gasteiger partial charge in [-0.1, -0.05) is 36.9 Å². The third kappa shape index (κ3) is 2.59. The maximum atomic E-state index is 12.5. The smallest absolute Gasteiger partial charge is 0.262 e. The third-order valence-corrected chi connectivity index (χ3v) is 4.22. The molecule has 0 saturated carbocycles. The molecule has 0 spiro atoms. The van der Waals surface area contributed by atoms with Gasteiger partial charge in [0.05, 0.1) is 0 Å². The summed E-state index contributed by atoms with van der Waals surface area (Å²) in [6.07, 6.45) is 5.17. The van der Waals surface area contributed by atoms with Crippen molar-refractivity contribution < 1.29 is 10.1 Å². The van der Waals surface area contributed by atoms with E-state index in [9.17, 15) is 15.3 Å². The van der Waals surface area contributed by atoms with Crippen molar-refractivity contribution in [3.05, 3.63) is 82.7 Å². The number of allylic oxidation sites excluding steroid dienone is 5. The van der Waals surface area contributed by atoms with Gasteiger partial charge in [-0.15, -0.1) is 0 Å². The van der Waals surface area contributed by atoms with Gasteiger partial charge in [0.2, 0.25) is 0 Å². The number of fused-ring (bicyclic) bond motifs is 1. The molecule has 1 aromatic carbocycles. The summed E-state index contributed by atoms with van der Waals surface area (Å²) in [4.78, 5) is 12.5. The van der Waals surface area contributed by atoms with Gasteiger partial charge in [0.1, 0.15) is 17.7 Å². The molecule has 1 amide bonds. The number of carbonyl (C=O) groups is 1. The van der Waals surface area contributed by atoms with Crippen molar-refractivity contribution in [3.63, 3.8) is 0 Å². The molecule has 0 saturated heterocycles. The molecule has 0 bridgehead atoms. The molecule has 3 N–H and O–H groups in total. The van der Waals surface area contributed by atoms with Gasteiger partial charge in [0.15, 0.2) is 17.0 Å². The average molecular weight is 327 g/mol. The summed E-state index contributed by atoms with van der Waals surface area (Å²) in [5.41, 5.74) is 5.01. The third-order valence-electron chi connectivity index (χ3n) is 4.22. The minimum atomic E-state index is -0.185. The summed E-state index contributed by atoms with van der Waals surface area (Å²) in [5, 5.41) is 23.1. The molecule has 0 atom stereocenters. The number of hydrogen-bond donors (Lipinski definition) is 2. The zero-order valence-electron chi connectivity index (χ0n) is 13.6. The van der Waals surface area contributed by atoms with Gasteiger partial charge in [0.25, 0.3) is 5.91 Å². The van der Waals surface area contributed by atoms with E-state index < -0.39 is 0 Å². The molecule has 0 radical (unpaired) electrons. The SMILES string of the molecule is C=CC=CC1=C(C)C(=C2C(=O)Nc3ccccc32)[NH2+]C1=C(C#N)C#N. The van der Waals surface area contributed by atoms with E-state index >= 15 is 0 Å². The van der Waals surface area contributed by atoms with Crippen LogP contribution in [0.3, 0.4) is 0 Å². The van der Waals surface area contributed by atoms with Crippen LogP contribution in [0.2, 0.25) is 0 Å². The molecule has 5 nitrogen and oxygen atoms in total. The zero-order valence-corrected chi connectivity index (χ0v) is 13.6. The molecule has 25 heavy (non-hydrogen) atoms. The van der Waals surface area contributed by atoms with Crippen LogP contribution in [-0.4, -0.2) is 5.91 Å². The molecule has 0 aliphatic carbocycles. The number of carbonyl (C=O) groups excluding carboxylic acids is 1. The Labute approximate surface area is 145 Å². The Morgan fingerprint density at radius 2 is 2.00 bits per heavy atom. The van der Waals surface area contributed by atoms with Crippen molar-refractivity contribution in [2.24, 2.45) is 0 Å². The van der Waals surface area contributed by atoms with Gasteiger partial charge < -0.3 is 5.32 Å². The highest BCUT2D eigenvalue weighted by molar-refractivity contribution is 6.32. The number of para-hydroxylation sites is 1. The van der Waals surface area contributed by atoms with E-state index in [1.165, 1.54) is 0 Å². The summed E-state index contributed by atoms with van der Waals surface area (Å²) in [6, 6.07) is 11.3. The minimum Gasteiger partial charge on any atom is -0.321 e. The first-order valence-electron chi connectivity index (χ1n) is 7.67. The summed E-state index contributed by atoms with van der Waals surface area (Å²) in [5.74, 6) is -0.185. The van der Waals surface area contributed by atoms with E-state index in [4.69, 9.17) is 0 Å². The second kappa shape index (κ2) is 6.45. The highest BCUT2D eigenvalue weighted by Gasteiger charge is 2.36. The molecule has 0 aromatic heterocycles. The lowest BCUT2D eigenvalue weighted by Gasteiger charge is -2.02. The number of quaternary nitrogens is 1. The number of anilines is 1. The second-order valence-corrected chi connectivity index (χ2v) is 5.58. The van der Waals surface area contributed by atoms with Crippen molar-refractivity contribution >= 4 is 17.2 Å². The fraction of sp³-hybridized carbons (Fsp3) is 0.0500. The topological polar surface area (TPSA) is 93.3 Å². The number of nitrogens with two attached hydrogens (primary N) is 1. The predicted molar refractivity (Wildman–Crippen MR) is 94.2 cm³/mol. The molecule has 2 aliphatic heterocycles. The first-order chi connectivity index (χ1) is 12.1. The Balaban J connectivity index is 2.29. The lowest BCUT2D eigenvalue weighted by Crippen LogP contribution is -2.78. The minimum absolute atomic E-state index is 0.0188. The maximum Gasteiger partial charge on any atom is 0.262 e. The highest BCUT2D eigenvalue weighted by Crippen LogP contribution is 2.36. The summed E-state index contributed by atoms with van der Waals surface area (Å²) in [6.45, 7) is 5.54. The molecule has 3 rings (SSSR count). The molecular formula is C20H15N4O+.